The Hall–Kier alpha value is -2.25. The number of thioether (sulfide) groups is 1. The second kappa shape index (κ2) is 6.24. The first-order valence-corrected chi connectivity index (χ1v) is 9.58. The van der Waals surface area contributed by atoms with Gasteiger partial charge in [-0.25, -0.2) is 0 Å². The molecule has 0 saturated heterocycles. The SMILES string of the molecule is CC#Cc1cncc(-c2ccc3c(c2)[C@@]2(C)N=C(N)SC[C@H]2CC3)c1. The Kier molecular flexibility index (Phi) is 4.05. The van der Waals surface area contributed by atoms with Crippen molar-refractivity contribution < 1.29 is 0 Å². The largest absolute Gasteiger partial charge is 0.379 e. The molecule has 0 spiro atoms. The molecule has 4 rings (SSSR count). The quantitative estimate of drug-likeness (QED) is 0.795. The minimum Gasteiger partial charge on any atom is -0.379 e. The maximum Gasteiger partial charge on any atom is 0.154 e. The standard InChI is InChI=1S/C21H21N3S/c1-3-4-14-9-17(12-23-11-14)16-6-5-15-7-8-18-13-25-20(22)24-21(18,2)19(15)10-16/h5-6,9-12,18H,7-8,13H2,1-2H3,(H2,22,24)/t18-,21+/m1/s1. The molecule has 2 N–H and O–H groups in total. The summed E-state index contributed by atoms with van der Waals surface area (Å²) in [7, 11) is 0. The molecule has 4 heteroatoms. The zero-order valence-electron chi connectivity index (χ0n) is 14.5. The number of fused-ring (bicyclic) bond motifs is 3. The third-order valence-corrected chi connectivity index (χ3v) is 6.28. The smallest absolute Gasteiger partial charge is 0.154 e. The Morgan fingerprint density at radius 3 is 2.96 bits per heavy atom. The number of amidine groups is 1. The predicted octanol–water partition coefficient (Wildman–Crippen LogP) is 3.96. The molecule has 0 fully saturated rings. The lowest BCUT2D eigenvalue weighted by Gasteiger charge is -2.42. The molecule has 0 bridgehead atoms. The third kappa shape index (κ3) is 2.83. The van der Waals surface area contributed by atoms with E-state index < -0.39 is 0 Å². The van der Waals surface area contributed by atoms with Gasteiger partial charge in [0.2, 0.25) is 0 Å². The summed E-state index contributed by atoms with van der Waals surface area (Å²) in [6.07, 6.45) is 6.00. The number of nitrogens with two attached hydrogens (primary N) is 1. The van der Waals surface area contributed by atoms with Crippen molar-refractivity contribution in [3.63, 3.8) is 0 Å². The van der Waals surface area contributed by atoms with Gasteiger partial charge < -0.3 is 5.73 Å². The molecule has 1 aromatic carbocycles. The number of aliphatic imine (C=N–C) groups is 1. The Bertz CT molecular complexity index is 922. The van der Waals surface area contributed by atoms with E-state index in [-0.39, 0.29) is 5.54 Å². The Labute approximate surface area is 153 Å². The summed E-state index contributed by atoms with van der Waals surface area (Å²) in [6, 6.07) is 8.82. The van der Waals surface area contributed by atoms with E-state index in [4.69, 9.17) is 10.7 Å². The van der Waals surface area contributed by atoms with Crippen LogP contribution in [0.5, 0.6) is 0 Å². The van der Waals surface area contributed by atoms with E-state index >= 15 is 0 Å². The fraction of sp³-hybridized carbons (Fsp3) is 0.333. The number of pyridine rings is 1. The van der Waals surface area contributed by atoms with Crippen molar-refractivity contribution in [3.8, 4) is 23.0 Å². The van der Waals surface area contributed by atoms with Gasteiger partial charge in [-0.15, -0.1) is 5.92 Å². The maximum atomic E-state index is 6.07. The van der Waals surface area contributed by atoms with Crippen molar-refractivity contribution in [2.24, 2.45) is 16.6 Å². The Morgan fingerprint density at radius 1 is 1.24 bits per heavy atom. The van der Waals surface area contributed by atoms with Crippen molar-refractivity contribution >= 4 is 16.9 Å². The number of hydrogen-bond acceptors (Lipinski definition) is 4. The first kappa shape index (κ1) is 16.2. The fourth-order valence-corrected chi connectivity index (χ4v) is 5.05. The van der Waals surface area contributed by atoms with Gasteiger partial charge in [-0.05, 0) is 61.4 Å². The molecule has 2 aliphatic rings. The Balaban J connectivity index is 1.83. The second-order valence-corrected chi connectivity index (χ2v) is 7.89. The lowest BCUT2D eigenvalue weighted by Crippen LogP contribution is -2.41. The van der Waals surface area contributed by atoms with Crippen molar-refractivity contribution in [2.75, 3.05) is 5.75 Å². The minimum absolute atomic E-state index is 0.215. The fourth-order valence-electron chi connectivity index (χ4n) is 3.93. The van der Waals surface area contributed by atoms with Crippen molar-refractivity contribution in [1.82, 2.24) is 4.98 Å². The molecular formula is C21H21N3S. The maximum absolute atomic E-state index is 6.07. The molecule has 2 atom stereocenters. The molecule has 0 amide bonds. The highest BCUT2D eigenvalue weighted by molar-refractivity contribution is 8.13. The molecule has 0 saturated carbocycles. The van der Waals surface area contributed by atoms with Gasteiger partial charge in [-0.2, -0.15) is 0 Å². The van der Waals surface area contributed by atoms with Crippen LogP contribution in [0.1, 0.15) is 37.0 Å². The van der Waals surface area contributed by atoms with Gasteiger partial charge in [0, 0.05) is 29.3 Å². The molecule has 2 aromatic rings. The van der Waals surface area contributed by atoms with Crippen LogP contribution >= 0.6 is 11.8 Å². The topological polar surface area (TPSA) is 51.3 Å². The van der Waals surface area contributed by atoms with Crippen LogP contribution in [0.15, 0.2) is 41.7 Å². The van der Waals surface area contributed by atoms with Crippen LogP contribution in [-0.4, -0.2) is 15.9 Å². The van der Waals surface area contributed by atoms with E-state index in [1.54, 1.807) is 18.0 Å². The molecule has 126 valence electrons. The van der Waals surface area contributed by atoms with Crippen molar-refractivity contribution in [3.05, 3.63) is 53.3 Å². The van der Waals surface area contributed by atoms with Crippen LogP contribution in [0.25, 0.3) is 11.1 Å². The molecule has 1 aliphatic carbocycles. The summed E-state index contributed by atoms with van der Waals surface area (Å²) >= 11 is 1.69. The van der Waals surface area contributed by atoms with Gasteiger partial charge in [0.15, 0.2) is 5.17 Å². The number of aromatic nitrogens is 1. The normalized spacial score (nSPS) is 24.4. The number of hydrogen-bond donors (Lipinski definition) is 1. The van der Waals surface area contributed by atoms with Gasteiger partial charge in [0.25, 0.3) is 0 Å². The number of rotatable bonds is 1. The molecular weight excluding hydrogens is 326 g/mol. The molecule has 25 heavy (non-hydrogen) atoms. The first-order valence-electron chi connectivity index (χ1n) is 8.60. The van der Waals surface area contributed by atoms with Crippen LogP contribution < -0.4 is 5.73 Å². The first-order chi connectivity index (χ1) is 12.1. The third-order valence-electron chi connectivity index (χ3n) is 5.33. The lowest BCUT2D eigenvalue weighted by molar-refractivity contribution is 0.292. The highest BCUT2D eigenvalue weighted by atomic mass is 32.2. The highest BCUT2D eigenvalue weighted by Gasteiger charge is 2.42. The Morgan fingerprint density at radius 2 is 2.12 bits per heavy atom. The average molecular weight is 347 g/mol. The van der Waals surface area contributed by atoms with Crippen LogP contribution in [0.3, 0.4) is 0 Å². The van der Waals surface area contributed by atoms with E-state index in [0.717, 1.165) is 23.3 Å². The van der Waals surface area contributed by atoms with Crippen molar-refractivity contribution in [2.45, 2.75) is 32.2 Å². The van der Waals surface area contributed by atoms with Gasteiger partial charge >= 0.3 is 0 Å². The molecule has 0 unspecified atom stereocenters. The van der Waals surface area contributed by atoms with Gasteiger partial charge in [0.05, 0.1) is 5.54 Å². The second-order valence-electron chi connectivity index (χ2n) is 6.85. The zero-order valence-corrected chi connectivity index (χ0v) is 15.4. The molecule has 0 radical (unpaired) electrons. The summed E-state index contributed by atoms with van der Waals surface area (Å²) < 4.78 is 0. The number of nitrogens with zero attached hydrogens (tertiary/aromatic N) is 2. The minimum atomic E-state index is -0.215. The van der Waals surface area contributed by atoms with Crippen LogP contribution in [0.4, 0.5) is 0 Å². The van der Waals surface area contributed by atoms with Crippen LogP contribution in [0, 0.1) is 17.8 Å². The van der Waals surface area contributed by atoms with Crippen LogP contribution in [0.2, 0.25) is 0 Å². The highest BCUT2D eigenvalue weighted by Crippen LogP contribution is 2.47. The van der Waals surface area contributed by atoms with E-state index in [1.807, 2.05) is 13.1 Å². The summed E-state index contributed by atoms with van der Waals surface area (Å²) in [6.45, 7) is 4.08. The van der Waals surface area contributed by atoms with Crippen molar-refractivity contribution in [1.29, 1.82) is 0 Å². The van der Waals surface area contributed by atoms with Gasteiger partial charge in [0.1, 0.15) is 0 Å². The average Bonchev–Trinajstić information content (AvgIpc) is 2.61. The van der Waals surface area contributed by atoms with Crippen LogP contribution in [-0.2, 0) is 12.0 Å². The summed E-state index contributed by atoms with van der Waals surface area (Å²) in [5.41, 5.74) is 11.8. The van der Waals surface area contributed by atoms with Gasteiger partial charge in [-0.1, -0.05) is 29.8 Å². The summed E-state index contributed by atoms with van der Waals surface area (Å²) in [5.74, 6) is 7.62. The van der Waals surface area contributed by atoms with E-state index in [2.05, 4.69) is 48.0 Å². The molecule has 2 heterocycles. The van der Waals surface area contributed by atoms with E-state index in [0.29, 0.717) is 11.1 Å². The molecule has 1 aromatic heterocycles. The number of aryl methyl sites for hydroxylation is 1. The lowest BCUT2D eigenvalue weighted by atomic mass is 9.70. The summed E-state index contributed by atoms with van der Waals surface area (Å²) in [4.78, 5) is 9.23. The zero-order chi connectivity index (χ0) is 17.4. The summed E-state index contributed by atoms with van der Waals surface area (Å²) in [5, 5.41) is 0.707. The predicted molar refractivity (Wildman–Crippen MR) is 105 cm³/mol. The molecule has 3 nitrogen and oxygen atoms in total. The van der Waals surface area contributed by atoms with E-state index in [1.165, 1.54) is 23.1 Å². The van der Waals surface area contributed by atoms with E-state index in [9.17, 15) is 0 Å². The number of benzene rings is 1. The molecule has 1 aliphatic heterocycles. The monoisotopic (exact) mass is 347 g/mol. The van der Waals surface area contributed by atoms with Gasteiger partial charge in [-0.3, -0.25) is 9.98 Å².